The highest BCUT2D eigenvalue weighted by Crippen LogP contribution is 2.40. The van der Waals surface area contributed by atoms with Crippen LogP contribution in [0.4, 0.5) is 5.69 Å². The first-order valence-corrected chi connectivity index (χ1v) is 14.5. The molecule has 4 aromatic rings. The number of likely N-dealkylation sites (tertiary alicyclic amines) is 1. The van der Waals surface area contributed by atoms with Crippen LogP contribution in [-0.4, -0.2) is 56.2 Å². The summed E-state index contributed by atoms with van der Waals surface area (Å²) in [5, 5.41) is 4.03. The summed E-state index contributed by atoms with van der Waals surface area (Å²) in [5.74, 6) is -0.0403. The van der Waals surface area contributed by atoms with Crippen molar-refractivity contribution in [3.63, 3.8) is 0 Å². The van der Waals surface area contributed by atoms with Gasteiger partial charge in [0.1, 0.15) is 12.4 Å². The fourth-order valence-electron chi connectivity index (χ4n) is 5.01. The Hall–Kier alpha value is -3.14. The molecule has 2 heterocycles. The Kier molecular flexibility index (Phi) is 12.6. The Labute approximate surface area is 263 Å². The van der Waals surface area contributed by atoms with Crippen LogP contribution in [0.15, 0.2) is 72.8 Å². The summed E-state index contributed by atoms with van der Waals surface area (Å²) < 4.78 is 11.8. The van der Waals surface area contributed by atoms with Gasteiger partial charge in [0.15, 0.2) is 0 Å². The molecular formula is C32H37Cl2N3O4S. The minimum absolute atomic E-state index is 0. The number of anilines is 1. The molecule has 10 heteroatoms. The number of nitrogens with two attached hydrogens (primary N) is 1. The zero-order valence-corrected chi connectivity index (χ0v) is 26.0. The predicted molar refractivity (Wildman–Crippen MR) is 175 cm³/mol. The highest BCUT2D eigenvalue weighted by Gasteiger charge is 2.19. The maximum absolute atomic E-state index is 12.4. The number of halogens is 2. The van der Waals surface area contributed by atoms with Crippen molar-refractivity contribution in [2.75, 3.05) is 38.7 Å². The molecule has 1 aromatic heterocycles. The highest BCUT2D eigenvalue weighted by atomic mass is 35.5. The first-order chi connectivity index (χ1) is 19.5. The third-order valence-electron chi connectivity index (χ3n) is 7.24. The molecule has 7 nitrogen and oxygen atoms in total. The van der Waals surface area contributed by atoms with E-state index in [4.69, 9.17) is 10.5 Å². The lowest BCUT2D eigenvalue weighted by molar-refractivity contribution is -0.142. The Balaban J connectivity index is 0.00000242. The number of carbonyl (C=O) groups excluding carboxylic acids is 2. The standard InChI is InChI=1S/C32H35N3O4S.2ClH/c1-38-30(36)21-28(33)32(37)34-24-12-10-23(11-13-24)31-27(26-6-2-3-7-29(26)40-31)20-22-8-14-25(15-9-22)39-19-18-35-16-4-5-17-35;;/h2-3,6-15,28H,4-5,16-21,33H2,1H3,(H,34,37);2*1H. The van der Waals surface area contributed by atoms with Crippen molar-refractivity contribution < 1.29 is 19.1 Å². The molecule has 0 saturated carbocycles. The summed E-state index contributed by atoms with van der Waals surface area (Å²) in [6, 6.07) is 23.7. The molecule has 224 valence electrons. The molecule has 1 fully saturated rings. The van der Waals surface area contributed by atoms with Crippen LogP contribution in [0.25, 0.3) is 20.5 Å². The Morgan fingerprint density at radius 3 is 2.36 bits per heavy atom. The average molecular weight is 631 g/mol. The van der Waals surface area contributed by atoms with Gasteiger partial charge < -0.3 is 20.5 Å². The summed E-state index contributed by atoms with van der Waals surface area (Å²) >= 11 is 1.77. The van der Waals surface area contributed by atoms with Gasteiger partial charge in [0, 0.05) is 21.8 Å². The number of hydrogen-bond donors (Lipinski definition) is 2. The molecule has 3 N–H and O–H groups in total. The quantitative estimate of drug-likeness (QED) is 0.189. The van der Waals surface area contributed by atoms with Crippen molar-refractivity contribution >= 4 is 63.8 Å². The van der Waals surface area contributed by atoms with Crippen LogP contribution in [0.2, 0.25) is 0 Å². The molecule has 1 saturated heterocycles. The number of methoxy groups -OCH3 is 1. The van der Waals surface area contributed by atoms with Gasteiger partial charge in [-0.1, -0.05) is 42.5 Å². The van der Waals surface area contributed by atoms with E-state index in [-0.39, 0.29) is 31.2 Å². The fraction of sp³-hybridized carbons (Fsp3) is 0.312. The largest absolute Gasteiger partial charge is 0.492 e. The van der Waals surface area contributed by atoms with Crippen molar-refractivity contribution in [1.29, 1.82) is 0 Å². The van der Waals surface area contributed by atoms with Gasteiger partial charge in [0.25, 0.3) is 0 Å². The number of fused-ring (bicyclic) bond motifs is 1. The molecule has 3 aromatic carbocycles. The van der Waals surface area contributed by atoms with Crippen molar-refractivity contribution in [3.8, 4) is 16.2 Å². The van der Waals surface area contributed by atoms with E-state index in [0.29, 0.717) is 12.3 Å². The van der Waals surface area contributed by atoms with Gasteiger partial charge in [-0.3, -0.25) is 14.5 Å². The number of nitrogens with one attached hydrogen (secondary N) is 1. The van der Waals surface area contributed by atoms with Gasteiger partial charge in [-0.05, 0) is 84.8 Å². The van der Waals surface area contributed by atoms with Crippen LogP contribution in [0.5, 0.6) is 5.75 Å². The molecule has 1 atom stereocenters. The fourth-order valence-corrected chi connectivity index (χ4v) is 6.24. The third kappa shape index (κ3) is 8.46. The third-order valence-corrected chi connectivity index (χ3v) is 8.51. The summed E-state index contributed by atoms with van der Waals surface area (Å²) in [5.41, 5.74) is 10.0. The number of amides is 1. The predicted octanol–water partition coefficient (Wildman–Crippen LogP) is 6.31. The lowest BCUT2D eigenvalue weighted by Gasteiger charge is -2.15. The average Bonchev–Trinajstić information content (AvgIpc) is 3.62. The SMILES string of the molecule is COC(=O)CC(N)C(=O)Nc1ccc(-c2sc3ccccc3c2Cc2ccc(OCCN3CCCC3)cc2)cc1.Cl.Cl. The Morgan fingerprint density at radius 1 is 0.976 bits per heavy atom. The van der Waals surface area contributed by atoms with Crippen LogP contribution < -0.4 is 15.8 Å². The molecule has 1 aliphatic rings. The van der Waals surface area contributed by atoms with Gasteiger partial charge in [-0.25, -0.2) is 0 Å². The molecule has 0 aliphatic carbocycles. The number of benzene rings is 3. The molecule has 0 spiro atoms. The summed E-state index contributed by atoms with van der Waals surface area (Å²) in [7, 11) is 1.27. The maximum atomic E-state index is 12.4. The van der Waals surface area contributed by atoms with Gasteiger partial charge in [0.2, 0.25) is 5.91 Å². The minimum Gasteiger partial charge on any atom is -0.492 e. The molecule has 1 unspecified atom stereocenters. The van der Waals surface area contributed by atoms with E-state index < -0.39 is 17.9 Å². The van der Waals surface area contributed by atoms with Gasteiger partial charge in [-0.2, -0.15) is 0 Å². The minimum atomic E-state index is -0.969. The van der Waals surface area contributed by atoms with Crippen molar-refractivity contribution in [3.05, 3.63) is 83.9 Å². The van der Waals surface area contributed by atoms with Crippen LogP contribution in [0, 0.1) is 0 Å². The number of carbonyl (C=O) groups is 2. The first kappa shape index (κ1) is 33.4. The topological polar surface area (TPSA) is 93.9 Å². The Bertz CT molecular complexity index is 1460. The van der Waals surface area contributed by atoms with E-state index in [1.54, 1.807) is 11.3 Å². The molecule has 42 heavy (non-hydrogen) atoms. The van der Waals surface area contributed by atoms with E-state index in [1.807, 2.05) is 24.3 Å². The number of nitrogens with zero attached hydrogens (tertiary/aromatic N) is 1. The number of thiophene rings is 1. The molecular weight excluding hydrogens is 593 g/mol. The van der Waals surface area contributed by atoms with E-state index in [1.165, 1.54) is 59.1 Å². The van der Waals surface area contributed by atoms with E-state index in [9.17, 15) is 9.59 Å². The second kappa shape index (κ2) is 15.9. The lowest BCUT2D eigenvalue weighted by atomic mass is 9.99. The summed E-state index contributed by atoms with van der Waals surface area (Å²) in [6.45, 7) is 4.06. The molecule has 0 bridgehead atoms. The summed E-state index contributed by atoms with van der Waals surface area (Å²) in [4.78, 5) is 27.5. The van der Waals surface area contributed by atoms with Gasteiger partial charge >= 0.3 is 5.97 Å². The van der Waals surface area contributed by atoms with Crippen LogP contribution in [0.3, 0.4) is 0 Å². The van der Waals surface area contributed by atoms with Crippen LogP contribution in [0.1, 0.15) is 30.4 Å². The number of esters is 1. The van der Waals surface area contributed by atoms with Crippen molar-refractivity contribution in [2.45, 2.75) is 31.7 Å². The second-order valence-electron chi connectivity index (χ2n) is 10.1. The molecule has 1 aliphatic heterocycles. The highest BCUT2D eigenvalue weighted by molar-refractivity contribution is 7.22. The monoisotopic (exact) mass is 629 g/mol. The smallest absolute Gasteiger partial charge is 0.307 e. The van der Waals surface area contributed by atoms with Gasteiger partial charge in [0.05, 0.1) is 19.6 Å². The lowest BCUT2D eigenvalue weighted by Crippen LogP contribution is -2.37. The van der Waals surface area contributed by atoms with E-state index >= 15 is 0 Å². The summed E-state index contributed by atoms with van der Waals surface area (Å²) in [6.07, 6.45) is 3.22. The normalized spacial score (nSPS) is 13.6. The van der Waals surface area contributed by atoms with E-state index in [0.717, 1.165) is 24.3 Å². The number of hydrogen-bond acceptors (Lipinski definition) is 7. The van der Waals surface area contributed by atoms with Gasteiger partial charge in [-0.15, -0.1) is 36.2 Å². The zero-order valence-electron chi connectivity index (χ0n) is 23.5. The number of rotatable bonds is 11. The Morgan fingerprint density at radius 2 is 1.67 bits per heavy atom. The number of ether oxygens (including phenoxy) is 2. The van der Waals surface area contributed by atoms with Crippen LogP contribution >= 0.6 is 36.2 Å². The molecule has 1 amide bonds. The molecule has 5 rings (SSSR count). The molecule has 0 radical (unpaired) electrons. The van der Waals surface area contributed by atoms with Crippen molar-refractivity contribution in [1.82, 2.24) is 4.90 Å². The second-order valence-corrected chi connectivity index (χ2v) is 11.1. The van der Waals surface area contributed by atoms with Crippen molar-refractivity contribution in [2.24, 2.45) is 5.73 Å². The van der Waals surface area contributed by atoms with E-state index in [2.05, 4.69) is 63.5 Å². The maximum Gasteiger partial charge on any atom is 0.307 e. The van der Waals surface area contributed by atoms with Crippen LogP contribution in [-0.2, 0) is 20.7 Å². The zero-order chi connectivity index (χ0) is 27.9. The first-order valence-electron chi connectivity index (χ1n) is 13.7.